The summed E-state index contributed by atoms with van der Waals surface area (Å²) >= 11 is 0. The predicted octanol–water partition coefficient (Wildman–Crippen LogP) is 2.59. The van der Waals surface area contributed by atoms with Crippen molar-refractivity contribution in [2.45, 2.75) is 64.8 Å². The van der Waals surface area contributed by atoms with Gasteiger partial charge in [-0.05, 0) is 20.3 Å². The van der Waals surface area contributed by atoms with E-state index in [1.807, 2.05) is 0 Å². The molecule has 0 aliphatic carbocycles. The molecule has 2 heterocycles. The van der Waals surface area contributed by atoms with Gasteiger partial charge in [-0.15, -0.1) is 0 Å². The van der Waals surface area contributed by atoms with Crippen LogP contribution in [0, 0.1) is 6.92 Å². The van der Waals surface area contributed by atoms with E-state index in [0.29, 0.717) is 18.0 Å². The minimum absolute atomic E-state index is 0.0109. The van der Waals surface area contributed by atoms with E-state index in [0.717, 1.165) is 30.6 Å². The molecule has 1 aliphatic heterocycles. The summed E-state index contributed by atoms with van der Waals surface area (Å²) in [5.41, 5.74) is -0.871. The number of hydrogen-bond donors (Lipinski definition) is 2. The fraction of sp³-hybridized carbons (Fsp3) is 0.647. The van der Waals surface area contributed by atoms with Gasteiger partial charge in [-0.3, -0.25) is 14.5 Å². The number of rotatable bonds is 9. The topological polar surface area (TPSA) is 105 Å². The number of urea groups is 1. The highest BCUT2D eigenvalue weighted by Gasteiger charge is 2.46. The van der Waals surface area contributed by atoms with Crippen molar-refractivity contribution < 1.29 is 18.9 Å². The van der Waals surface area contributed by atoms with E-state index in [1.165, 1.54) is 0 Å². The second kappa shape index (κ2) is 8.13. The Morgan fingerprint density at radius 1 is 1.36 bits per heavy atom. The molecular formula is C17H26N4O4. The molecule has 1 unspecified atom stereocenters. The molecule has 1 fully saturated rings. The summed E-state index contributed by atoms with van der Waals surface area (Å²) in [6.07, 6.45) is 4.77. The fourth-order valence-corrected chi connectivity index (χ4v) is 2.87. The molecule has 2 rings (SSSR count). The number of amides is 4. The van der Waals surface area contributed by atoms with E-state index in [-0.39, 0.29) is 24.8 Å². The van der Waals surface area contributed by atoms with E-state index in [2.05, 4.69) is 22.7 Å². The third-order valence-electron chi connectivity index (χ3n) is 4.33. The smallest absolute Gasteiger partial charge is 0.325 e. The van der Waals surface area contributed by atoms with Gasteiger partial charge in [-0.25, -0.2) is 4.79 Å². The minimum Gasteiger partial charge on any atom is -0.360 e. The molecular weight excluding hydrogens is 324 g/mol. The van der Waals surface area contributed by atoms with Gasteiger partial charge in [0.05, 0.1) is 0 Å². The average molecular weight is 350 g/mol. The maximum atomic E-state index is 12.6. The zero-order valence-electron chi connectivity index (χ0n) is 15.1. The number of aryl methyl sites for hydroxylation is 1. The molecule has 1 atom stereocenters. The lowest BCUT2D eigenvalue weighted by Gasteiger charge is -2.21. The molecule has 8 heteroatoms. The molecule has 1 saturated heterocycles. The van der Waals surface area contributed by atoms with Gasteiger partial charge >= 0.3 is 6.03 Å². The second-order valence-electron chi connectivity index (χ2n) is 6.65. The van der Waals surface area contributed by atoms with Gasteiger partial charge in [-0.1, -0.05) is 37.8 Å². The Labute approximate surface area is 147 Å². The van der Waals surface area contributed by atoms with Crippen molar-refractivity contribution in [3.63, 3.8) is 0 Å². The van der Waals surface area contributed by atoms with Crippen LogP contribution in [0.15, 0.2) is 10.6 Å². The lowest BCUT2D eigenvalue weighted by molar-refractivity contribution is -0.131. The summed E-state index contributed by atoms with van der Waals surface area (Å²) in [6.45, 7) is 5.63. The number of nitrogens with one attached hydrogen (secondary N) is 2. The average Bonchev–Trinajstić information content (AvgIpc) is 3.04. The van der Waals surface area contributed by atoms with Gasteiger partial charge in [0.15, 0.2) is 5.82 Å². The molecule has 0 bridgehead atoms. The van der Waals surface area contributed by atoms with Crippen LogP contribution in [-0.4, -0.2) is 40.0 Å². The standard InChI is InChI=1S/C17H26N4O4/c1-4-5-6-7-9-17(3)15(23)21(16(24)19-17)10-8-14(22)18-13-11-12(2)25-20-13/h11H,4-10H2,1-3H3,(H,19,24)(H,18,20,22). The van der Waals surface area contributed by atoms with Crippen molar-refractivity contribution in [1.82, 2.24) is 15.4 Å². The Morgan fingerprint density at radius 3 is 2.76 bits per heavy atom. The lowest BCUT2D eigenvalue weighted by atomic mass is 9.94. The third-order valence-corrected chi connectivity index (χ3v) is 4.33. The summed E-state index contributed by atoms with van der Waals surface area (Å²) in [7, 11) is 0. The van der Waals surface area contributed by atoms with Crippen molar-refractivity contribution in [3.8, 4) is 0 Å². The predicted molar refractivity (Wildman–Crippen MR) is 91.9 cm³/mol. The van der Waals surface area contributed by atoms with E-state index in [1.54, 1.807) is 19.9 Å². The zero-order chi connectivity index (χ0) is 18.4. The summed E-state index contributed by atoms with van der Waals surface area (Å²) in [5, 5.41) is 9.00. The first kappa shape index (κ1) is 19.0. The monoisotopic (exact) mass is 350 g/mol. The van der Waals surface area contributed by atoms with Gasteiger partial charge < -0.3 is 15.2 Å². The molecule has 0 aromatic carbocycles. The molecule has 4 amide bonds. The quantitative estimate of drug-likeness (QED) is 0.526. The minimum atomic E-state index is -0.871. The number of anilines is 1. The second-order valence-corrected chi connectivity index (χ2v) is 6.65. The number of imide groups is 1. The normalized spacial score (nSPS) is 20.0. The highest BCUT2D eigenvalue weighted by Crippen LogP contribution is 2.24. The third kappa shape index (κ3) is 4.80. The molecule has 1 aromatic heterocycles. The van der Waals surface area contributed by atoms with Gasteiger partial charge in [0.25, 0.3) is 5.91 Å². The van der Waals surface area contributed by atoms with Gasteiger partial charge in [0, 0.05) is 19.0 Å². The summed E-state index contributed by atoms with van der Waals surface area (Å²) in [6, 6.07) is 1.16. The van der Waals surface area contributed by atoms with E-state index < -0.39 is 11.6 Å². The van der Waals surface area contributed by atoms with Crippen LogP contribution in [0.4, 0.5) is 10.6 Å². The summed E-state index contributed by atoms with van der Waals surface area (Å²) < 4.78 is 4.87. The van der Waals surface area contributed by atoms with Gasteiger partial charge in [-0.2, -0.15) is 0 Å². The summed E-state index contributed by atoms with van der Waals surface area (Å²) in [5.74, 6) is 0.313. The first-order valence-corrected chi connectivity index (χ1v) is 8.73. The SMILES string of the molecule is CCCCCCC1(C)NC(=O)N(CCC(=O)Nc2cc(C)on2)C1=O. The van der Waals surface area contributed by atoms with E-state index >= 15 is 0 Å². The van der Waals surface area contributed by atoms with Crippen LogP contribution >= 0.6 is 0 Å². The van der Waals surface area contributed by atoms with Crippen molar-refractivity contribution in [2.24, 2.45) is 0 Å². The maximum absolute atomic E-state index is 12.6. The Hall–Kier alpha value is -2.38. The van der Waals surface area contributed by atoms with Crippen LogP contribution in [0.1, 0.15) is 58.1 Å². The van der Waals surface area contributed by atoms with Crippen LogP contribution in [-0.2, 0) is 9.59 Å². The van der Waals surface area contributed by atoms with Crippen LogP contribution in [0.25, 0.3) is 0 Å². The van der Waals surface area contributed by atoms with Crippen molar-refractivity contribution >= 4 is 23.7 Å². The van der Waals surface area contributed by atoms with Crippen LogP contribution in [0.5, 0.6) is 0 Å². The van der Waals surface area contributed by atoms with E-state index in [9.17, 15) is 14.4 Å². The molecule has 25 heavy (non-hydrogen) atoms. The number of carbonyl (C=O) groups excluding carboxylic acids is 3. The van der Waals surface area contributed by atoms with Gasteiger partial charge in [0.1, 0.15) is 11.3 Å². The Bertz CT molecular complexity index is 642. The molecule has 0 radical (unpaired) electrons. The first-order chi connectivity index (χ1) is 11.9. The number of unbranched alkanes of at least 4 members (excludes halogenated alkanes) is 3. The maximum Gasteiger partial charge on any atom is 0.325 e. The van der Waals surface area contributed by atoms with Crippen molar-refractivity contribution in [1.29, 1.82) is 0 Å². The fourth-order valence-electron chi connectivity index (χ4n) is 2.87. The lowest BCUT2D eigenvalue weighted by Crippen LogP contribution is -2.44. The Kier molecular flexibility index (Phi) is 6.17. The van der Waals surface area contributed by atoms with Crippen molar-refractivity contribution in [3.05, 3.63) is 11.8 Å². The molecule has 0 spiro atoms. The molecule has 8 nitrogen and oxygen atoms in total. The number of hydrogen-bond acceptors (Lipinski definition) is 5. The molecule has 1 aliphatic rings. The van der Waals surface area contributed by atoms with Gasteiger partial charge in [0.2, 0.25) is 5.91 Å². The zero-order valence-corrected chi connectivity index (χ0v) is 15.1. The van der Waals surface area contributed by atoms with Crippen LogP contribution < -0.4 is 10.6 Å². The largest absolute Gasteiger partial charge is 0.360 e. The Morgan fingerprint density at radius 2 is 2.12 bits per heavy atom. The van der Waals surface area contributed by atoms with E-state index in [4.69, 9.17) is 4.52 Å². The number of carbonyl (C=O) groups is 3. The highest BCUT2D eigenvalue weighted by molar-refractivity contribution is 6.07. The molecule has 0 saturated carbocycles. The van der Waals surface area contributed by atoms with Crippen LogP contribution in [0.3, 0.4) is 0 Å². The van der Waals surface area contributed by atoms with Crippen LogP contribution in [0.2, 0.25) is 0 Å². The Balaban J connectivity index is 1.84. The number of aromatic nitrogens is 1. The first-order valence-electron chi connectivity index (χ1n) is 8.73. The molecule has 1 aromatic rings. The summed E-state index contributed by atoms with van der Waals surface area (Å²) in [4.78, 5) is 37.7. The molecule has 138 valence electrons. The van der Waals surface area contributed by atoms with Crippen molar-refractivity contribution in [2.75, 3.05) is 11.9 Å². The molecule has 2 N–H and O–H groups in total. The number of nitrogens with zero attached hydrogens (tertiary/aromatic N) is 2. The highest BCUT2D eigenvalue weighted by atomic mass is 16.5.